The van der Waals surface area contributed by atoms with E-state index in [-0.39, 0.29) is 11.9 Å². The van der Waals surface area contributed by atoms with E-state index in [0.29, 0.717) is 48.8 Å². The van der Waals surface area contributed by atoms with E-state index in [4.69, 9.17) is 12.2 Å². The average molecular weight is 367 g/mol. The molecule has 0 saturated heterocycles. The second-order valence-corrected chi connectivity index (χ2v) is 9.19. The maximum absolute atomic E-state index is 15.0. The summed E-state index contributed by atoms with van der Waals surface area (Å²) in [6.07, 6.45) is 5.23. The fraction of sp³-hybridized carbons (Fsp3) is 0.833. The maximum Gasteiger partial charge on any atom is 0.226 e. The molecular formula is C18H27FN4OS. The van der Waals surface area contributed by atoms with Crippen molar-refractivity contribution in [1.82, 2.24) is 20.1 Å². The van der Waals surface area contributed by atoms with Gasteiger partial charge in [0.1, 0.15) is 11.5 Å². The van der Waals surface area contributed by atoms with Crippen LogP contribution in [-0.2, 0) is 11.2 Å². The summed E-state index contributed by atoms with van der Waals surface area (Å²) in [7, 11) is 0. The van der Waals surface area contributed by atoms with Gasteiger partial charge < -0.3 is 9.88 Å². The van der Waals surface area contributed by atoms with E-state index < -0.39 is 11.1 Å². The van der Waals surface area contributed by atoms with Crippen molar-refractivity contribution in [2.75, 3.05) is 6.54 Å². The molecule has 5 nitrogen and oxygen atoms in total. The average Bonchev–Trinajstić information content (AvgIpc) is 2.85. The van der Waals surface area contributed by atoms with Crippen molar-refractivity contribution in [1.29, 1.82) is 0 Å². The first-order valence-corrected chi connectivity index (χ1v) is 9.84. The Labute approximate surface area is 152 Å². The highest BCUT2D eigenvalue weighted by atomic mass is 32.1. The summed E-state index contributed by atoms with van der Waals surface area (Å²) in [6.45, 7) is 4.63. The van der Waals surface area contributed by atoms with Crippen LogP contribution in [0.1, 0.15) is 64.2 Å². The summed E-state index contributed by atoms with van der Waals surface area (Å²) >= 11 is 5.26. The lowest BCUT2D eigenvalue weighted by Crippen LogP contribution is -2.59. The van der Waals surface area contributed by atoms with Crippen LogP contribution in [0.5, 0.6) is 0 Å². The first kappa shape index (κ1) is 17.2. The molecule has 7 heteroatoms. The van der Waals surface area contributed by atoms with Crippen molar-refractivity contribution in [3.8, 4) is 0 Å². The van der Waals surface area contributed by atoms with Crippen LogP contribution in [0, 0.1) is 22.0 Å². The molecule has 4 saturated carbocycles. The number of halogens is 1. The zero-order chi connectivity index (χ0) is 17.8. The van der Waals surface area contributed by atoms with E-state index in [1.807, 2.05) is 4.57 Å². The Kier molecular flexibility index (Phi) is 4.05. The minimum absolute atomic E-state index is 0.0499. The van der Waals surface area contributed by atoms with Gasteiger partial charge in [0, 0.05) is 19.0 Å². The van der Waals surface area contributed by atoms with Gasteiger partial charge in [0.05, 0.1) is 5.41 Å². The normalized spacial score (nSPS) is 36.2. The molecule has 0 spiro atoms. The molecule has 4 aliphatic carbocycles. The topological polar surface area (TPSA) is 62.7 Å². The molecular weight excluding hydrogens is 339 g/mol. The number of nitrogens with one attached hydrogen (secondary N) is 2. The Morgan fingerprint density at radius 2 is 2.08 bits per heavy atom. The molecule has 25 heavy (non-hydrogen) atoms. The predicted molar refractivity (Wildman–Crippen MR) is 95.5 cm³/mol. The van der Waals surface area contributed by atoms with Gasteiger partial charge in [0.25, 0.3) is 0 Å². The molecule has 1 amide bonds. The number of carbonyl (C=O) groups excluding carboxylic acids is 1. The standard InChI is InChI=1S/C18H27FN4OS/c1-11(2)23-14(21-22-16(23)25)3-4-20-15(24)17-6-12-5-13(7-17)9-18(19,8-12)10-17/h11-13H,3-10H2,1-2H3,(H,20,24)(H,22,25)/t12-,13-,17?,18?/m1/s1. The van der Waals surface area contributed by atoms with Crippen LogP contribution in [0.3, 0.4) is 0 Å². The highest BCUT2D eigenvalue weighted by Gasteiger charge is 2.61. The fourth-order valence-electron chi connectivity index (χ4n) is 5.94. The van der Waals surface area contributed by atoms with Crippen molar-refractivity contribution in [2.45, 2.75) is 70.5 Å². The predicted octanol–water partition coefficient (Wildman–Crippen LogP) is 3.49. The lowest BCUT2D eigenvalue weighted by atomic mass is 9.48. The summed E-state index contributed by atoms with van der Waals surface area (Å²) < 4.78 is 17.6. The van der Waals surface area contributed by atoms with Gasteiger partial charge in [-0.25, -0.2) is 4.39 Å². The number of hydrogen-bond acceptors (Lipinski definition) is 3. The van der Waals surface area contributed by atoms with Gasteiger partial charge in [-0.2, -0.15) is 5.10 Å². The van der Waals surface area contributed by atoms with Gasteiger partial charge in [-0.05, 0) is 76.4 Å². The Morgan fingerprint density at radius 1 is 1.40 bits per heavy atom. The molecule has 0 aliphatic heterocycles. The van der Waals surface area contributed by atoms with Crippen LogP contribution in [0.2, 0.25) is 0 Å². The van der Waals surface area contributed by atoms with Crippen LogP contribution in [0.4, 0.5) is 4.39 Å². The zero-order valence-corrected chi connectivity index (χ0v) is 15.8. The maximum atomic E-state index is 15.0. The van der Waals surface area contributed by atoms with E-state index in [9.17, 15) is 4.79 Å². The van der Waals surface area contributed by atoms with Gasteiger partial charge in [-0.1, -0.05) is 0 Å². The Morgan fingerprint density at radius 3 is 2.68 bits per heavy atom. The zero-order valence-electron chi connectivity index (χ0n) is 15.0. The van der Waals surface area contributed by atoms with Crippen molar-refractivity contribution in [3.63, 3.8) is 0 Å². The Bertz CT molecular complexity index is 726. The number of alkyl halides is 1. The monoisotopic (exact) mass is 366 g/mol. The Balaban J connectivity index is 1.41. The minimum Gasteiger partial charge on any atom is -0.355 e. The molecule has 5 rings (SSSR count). The first-order valence-electron chi connectivity index (χ1n) is 9.43. The summed E-state index contributed by atoms with van der Waals surface area (Å²) in [4.78, 5) is 12.9. The highest BCUT2D eigenvalue weighted by molar-refractivity contribution is 7.71. The first-order chi connectivity index (χ1) is 11.8. The molecule has 2 atom stereocenters. The molecule has 0 aromatic carbocycles. The summed E-state index contributed by atoms with van der Waals surface area (Å²) in [6, 6.07) is 0.228. The van der Waals surface area contributed by atoms with Crippen molar-refractivity contribution in [3.05, 3.63) is 10.6 Å². The summed E-state index contributed by atoms with van der Waals surface area (Å²) in [5.74, 6) is 1.70. The van der Waals surface area contributed by atoms with Crippen molar-refractivity contribution < 1.29 is 9.18 Å². The van der Waals surface area contributed by atoms with Crippen LogP contribution in [-0.4, -0.2) is 32.9 Å². The van der Waals surface area contributed by atoms with Gasteiger partial charge in [0.15, 0.2) is 4.77 Å². The third kappa shape index (κ3) is 2.94. The third-order valence-corrected chi connectivity index (χ3v) is 6.69. The number of amides is 1. The van der Waals surface area contributed by atoms with Gasteiger partial charge in [-0.3, -0.25) is 9.89 Å². The van der Waals surface area contributed by atoms with Gasteiger partial charge in [0.2, 0.25) is 5.91 Å². The largest absolute Gasteiger partial charge is 0.355 e. The van der Waals surface area contributed by atoms with E-state index >= 15 is 4.39 Å². The number of aromatic amines is 1. The number of aromatic nitrogens is 3. The lowest BCUT2D eigenvalue weighted by molar-refractivity contribution is -0.160. The lowest BCUT2D eigenvalue weighted by Gasteiger charge is -2.58. The second kappa shape index (κ2) is 5.89. The molecule has 1 heterocycles. The third-order valence-electron chi connectivity index (χ3n) is 6.40. The van der Waals surface area contributed by atoms with Crippen LogP contribution in [0.15, 0.2) is 0 Å². The van der Waals surface area contributed by atoms with Crippen LogP contribution < -0.4 is 5.32 Å². The number of hydrogen-bond donors (Lipinski definition) is 2. The molecule has 0 radical (unpaired) electrons. The van der Waals surface area contributed by atoms with E-state index in [1.165, 1.54) is 0 Å². The van der Waals surface area contributed by atoms with Gasteiger partial charge >= 0.3 is 0 Å². The number of carbonyl (C=O) groups is 1. The Hall–Kier alpha value is -1.24. The highest BCUT2D eigenvalue weighted by Crippen LogP contribution is 2.62. The molecule has 4 aliphatic rings. The fourth-order valence-corrected chi connectivity index (χ4v) is 6.30. The molecule has 4 bridgehead atoms. The van der Waals surface area contributed by atoms with Gasteiger partial charge in [-0.15, -0.1) is 0 Å². The molecule has 4 fully saturated rings. The SMILES string of the molecule is CC(C)n1c(CCNC(=O)C23C[C@H]4C[C@@H](CC(F)(C4)C2)C3)n[nH]c1=S. The van der Waals surface area contributed by atoms with Crippen LogP contribution in [0.25, 0.3) is 0 Å². The second-order valence-electron chi connectivity index (χ2n) is 8.81. The molecule has 1 aromatic heterocycles. The number of H-pyrrole nitrogens is 1. The van der Waals surface area contributed by atoms with E-state index in [1.54, 1.807) is 0 Å². The molecule has 0 unspecified atom stereocenters. The number of nitrogens with zero attached hydrogens (tertiary/aromatic N) is 2. The smallest absolute Gasteiger partial charge is 0.226 e. The molecule has 2 N–H and O–H groups in total. The quantitative estimate of drug-likeness (QED) is 0.784. The summed E-state index contributed by atoms with van der Waals surface area (Å²) in [5.41, 5.74) is -1.57. The summed E-state index contributed by atoms with van der Waals surface area (Å²) in [5, 5.41) is 10.2. The minimum atomic E-state index is -1.10. The number of rotatable bonds is 5. The molecule has 138 valence electrons. The van der Waals surface area contributed by atoms with E-state index in [0.717, 1.165) is 25.1 Å². The van der Waals surface area contributed by atoms with Crippen molar-refractivity contribution >= 4 is 18.1 Å². The van der Waals surface area contributed by atoms with E-state index in [2.05, 4.69) is 29.4 Å². The van der Waals surface area contributed by atoms with Crippen LogP contribution >= 0.6 is 12.2 Å². The molecule has 1 aromatic rings. The van der Waals surface area contributed by atoms with Crippen molar-refractivity contribution in [2.24, 2.45) is 17.3 Å².